The molecule has 8 heteroatoms. The molecule has 0 saturated heterocycles. The fourth-order valence-corrected chi connectivity index (χ4v) is 8.45. The van der Waals surface area contributed by atoms with Crippen molar-refractivity contribution in [3.8, 4) is 0 Å². The summed E-state index contributed by atoms with van der Waals surface area (Å²) >= 11 is 5.89. The summed E-state index contributed by atoms with van der Waals surface area (Å²) in [6.45, 7) is 0. The zero-order valence-corrected chi connectivity index (χ0v) is 23.8. The van der Waals surface area contributed by atoms with Crippen molar-refractivity contribution >= 4 is 44.6 Å². The van der Waals surface area contributed by atoms with Gasteiger partial charge in [-0.15, -0.1) is 0 Å². The van der Waals surface area contributed by atoms with Gasteiger partial charge < -0.3 is 10.6 Å². The number of carbonyl (C=O) groups is 1. The van der Waals surface area contributed by atoms with Crippen LogP contribution < -0.4 is 15.4 Å². The monoisotopic (exact) mass is 583 g/mol. The molecule has 3 aliphatic rings. The van der Waals surface area contributed by atoms with Crippen LogP contribution in [0.4, 0.5) is 17.1 Å². The Hall–Kier alpha value is -3.81. The van der Waals surface area contributed by atoms with Crippen LogP contribution in [0.25, 0.3) is 0 Å². The topological polar surface area (TPSA) is 87.3 Å². The first-order chi connectivity index (χ1) is 19.9. The highest BCUT2D eigenvalue weighted by molar-refractivity contribution is 7.92. The van der Waals surface area contributed by atoms with E-state index in [0.29, 0.717) is 45.6 Å². The lowest BCUT2D eigenvalue weighted by atomic mass is 9.68. The Kier molecular flexibility index (Phi) is 6.51. The molecule has 7 rings (SSSR count). The first kappa shape index (κ1) is 26.1. The van der Waals surface area contributed by atoms with Gasteiger partial charge in [0.2, 0.25) is 0 Å². The quantitative estimate of drug-likeness (QED) is 0.217. The largest absolute Gasteiger partial charge is 0.378 e. The van der Waals surface area contributed by atoms with Crippen molar-refractivity contribution < 1.29 is 13.2 Å². The molecule has 4 aromatic carbocycles. The standard InChI is InChI=1S/C33H30ClN3O3S/c34-24-9-11-26(12-10-24)37-41(39,40)27-15-13-25(14-16-27)35-33(38)23-8-17-29-28(19-23)30-21-6-7-22(18-21)31(30)32(36-29)20-4-2-1-3-5-20/h1-5,8-17,19,21-22,30-32,36-37H,6-7,18H2,(H,35,38)/t21-,22-,30-,31-,32+/m0/s1. The van der Waals surface area contributed by atoms with Crippen LogP contribution in [0.3, 0.4) is 0 Å². The maximum Gasteiger partial charge on any atom is 0.261 e. The van der Waals surface area contributed by atoms with Crippen LogP contribution in [-0.4, -0.2) is 14.3 Å². The van der Waals surface area contributed by atoms with E-state index in [9.17, 15) is 13.2 Å². The van der Waals surface area contributed by atoms with E-state index in [2.05, 4.69) is 51.8 Å². The van der Waals surface area contributed by atoms with Gasteiger partial charge in [0.05, 0.1) is 10.9 Å². The molecule has 0 aromatic heterocycles. The molecule has 1 aliphatic heterocycles. The van der Waals surface area contributed by atoms with E-state index in [-0.39, 0.29) is 16.8 Å². The van der Waals surface area contributed by atoms with Crippen molar-refractivity contribution in [1.82, 2.24) is 0 Å². The van der Waals surface area contributed by atoms with Gasteiger partial charge in [-0.05, 0) is 121 Å². The lowest BCUT2D eigenvalue weighted by molar-refractivity contribution is 0.102. The Morgan fingerprint density at radius 2 is 1.54 bits per heavy atom. The number of hydrogen-bond donors (Lipinski definition) is 3. The van der Waals surface area contributed by atoms with Crippen LogP contribution in [0, 0.1) is 17.8 Å². The number of amides is 1. The molecule has 0 radical (unpaired) electrons. The van der Waals surface area contributed by atoms with Gasteiger partial charge in [-0.1, -0.05) is 41.9 Å². The second-order valence-electron chi connectivity index (χ2n) is 11.4. The molecule has 2 saturated carbocycles. The van der Waals surface area contributed by atoms with Crippen LogP contribution >= 0.6 is 11.6 Å². The van der Waals surface area contributed by atoms with E-state index in [1.807, 2.05) is 12.1 Å². The fourth-order valence-electron chi connectivity index (χ4n) is 7.27. The van der Waals surface area contributed by atoms with Gasteiger partial charge in [-0.3, -0.25) is 9.52 Å². The van der Waals surface area contributed by atoms with Gasteiger partial charge in [-0.2, -0.15) is 0 Å². The molecule has 5 atom stereocenters. The number of anilines is 3. The molecule has 3 N–H and O–H groups in total. The lowest BCUT2D eigenvalue weighted by Gasteiger charge is -2.43. The zero-order valence-electron chi connectivity index (χ0n) is 22.3. The molecular weight excluding hydrogens is 554 g/mol. The normalized spacial score (nSPS) is 24.2. The SMILES string of the molecule is O=C(Nc1ccc(S(=O)(=O)Nc2ccc(Cl)cc2)cc1)c1ccc2c(c1)[C@@H]1[C@H]3CC[C@@H](C3)[C@@H]1[C@@H](c1ccccc1)N2. The Balaban J connectivity index is 1.10. The highest BCUT2D eigenvalue weighted by Crippen LogP contribution is 2.63. The molecule has 41 heavy (non-hydrogen) atoms. The van der Waals surface area contributed by atoms with Crippen molar-refractivity contribution in [2.45, 2.75) is 36.1 Å². The van der Waals surface area contributed by atoms with Crippen molar-refractivity contribution in [2.24, 2.45) is 17.8 Å². The number of sulfonamides is 1. The van der Waals surface area contributed by atoms with Crippen LogP contribution in [0.5, 0.6) is 0 Å². The minimum absolute atomic E-state index is 0.0978. The van der Waals surface area contributed by atoms with E-state index in [4.69, 9.17) is 11.6 Å². The summed E-state index contributed by atoms with van der Waals surface area (Å²) in [6, 6.07) is 29.6. The number of rotatable bonds is 6. The van der Waals surface area contributed by atoms with Gasteiger partial charge >= 0.3 is 0 Å². The van der Waals surface area contributed by atoms with Gasteiger partial charge in [0, 0.05) is 27.6 Å². The Morgan fingerprint density at radius 3 is 2.29 bits per heavy atom. The molecular formula is C33H30ClN3O3S. The van der Waals surface area contributed by atoms with E-state index < -0.39 is 10.0 Å². The van der Waals surface area contributed by atoms with E-state index in [0.717, 1.165) is 5.69 Å². The van der Waals surface area contributed by atoms with Gasteiger partial charge in [0.25, 0.3) is 15.9 Å². The summed E-state index contributed by atoms with van der Waals surface area (Å²) in [6.07, 6.45) is 3.80. The predicted octanol–water partition coefficient (Wildman–Crippen LogP) is 7.69. The summed E-state index contributed by atoms with van der Waals surface area (Å²) in [5, 5.41) is 7.29. The third-order valence-corrected chi connectivity index (χ3v) is 10.7. The number of carbonyl (C=O) groups excluding carboxylic acids is 1. The average Bonchev–Trinajstić information content (AvgIpc) is 3.62. The maximum absolute atomic E-state index is 13.3. The molecule has 1 amide bonds. The van der Waals surface area contributed by atoms with Gasteiger partial charge in [0.1, 0.15) is 0 Å². The van der Waals surface area contributed by atoms with Gasteiger partial charge in [-0.25, -0.2) is 8.42 Å². The Morgan fingerprint density at radius 1 is 0.829 bits per heavy atom. The lowest BCUT2D eigenvalue weighted by Crippen LogP contribution is -2.35. The first-order valence-electron chi connectivity index (χ1n) is 14.0. The molecule has 208 valence electrons. The molecule has 6 nitrogen and oxygen atoms in total. The van der Waals surface area contributed by atoms with E-state index in [1.54, 1.807) is 36.4 Å². The van der Waals surface area contributed by atoms with Crippen LogP contribution in [0.2, 0.25) is 5.02 Å². The second kappa shape index (κ2) is 10.2. The Labute approximate surface area is 245 Å². The molecule has 1 heterocycles. The number of benzene rings is 4. The van der Waals surface area contributed by atoms with Crippen molar-refractivity contribution in [3.63, 3.8) is 0 Å². The van der Waals surface area contributed by atoms with Crippen molar-refractivity contribution in [1.29, 1.82) is 0 Å². The number of halogens is 1. The third kappa shape index (κ3) is 4.87. The maximum atomic E-state index is 13.3. The molecule has 2 aliphatic carbocycles. The number of nitrogens with one attached hydrogen (secondary N) is 3. The predicted molar refractivity (Wildman–Crippen MR) is 163 cm³/mol. The summed E-state index contributed by atoms with van der Waals surface area (Å²) < 4.78 is 28.1. The zero-order chi connectivity index (χ0) is 28.1. The van der Waals surface area contributed by atoms with Gasteiger partial charge in [0.15, 0.2) is 0 Å². The summed E-state index contributed by atoms with van der Waals surface area (Å²) in [5.41, 5.74) is 5.24. The van der Waals surface area contributed by atoms with Crippen LogP contribution in [-0.2, 0) is 10.0 Å². The molecule has 2 fully saturated rings. The minimum atomic E-state index is -3.78. The average molecular weight is 584 g/mol. The second-order valence-corrected chi connectivity index (χ2v) is 13.5. The summed E-state index contributed by atoms with van der Waals surface area (Å²) in [4.78, 5) is 13.4. The summed E-state index contributed by atoms with van der Waals surface area (Å²) in [5.74, 6) is 2.12. The highest BCUT2D eigenvalue weighted by Gasteiger charge is 2.53. The first-order valence-corrected chi connectivity index (χ1v) is 15.9. The smallest absolute Gasteiger partial charge is 0.261 e. The molecule has 4 aromatic rings. The summed E-state index contributed by atoms with van der Waals surface area (Å²) in [7, 11) is -3.78. The third-order valence-electron chi connectivity index (χ3n) is 9.03. The van der Waals surface area contributed by atoms with E-state index in [1.165, 1.54) is 42.5 Å². The molecule has 2 bridgehead atoms. The number of fused-ring (bicyclic) bond motifs is 7. The number of hydrogen-bond acceptors (Lipinski definition) is 4. The van der Waals surface area contributed by atoms with Crippen molar-refractivity contribution in [2.75, 3.05) is 15.4 Å². The van der Waals surface area contributed by atoms with Crippen LogP contribution in [0.1, 0.15) is 52.7 Å². The van der Waals surface area contributed by atoms with Crippen LogP contribution in [0.15, 0.2) is 102 Å². The van der Waals surface area contributed by atoms with E-state index >= 15 is 0 Å². The van der Waals surface area contributed by atoms with Crippen molar-refractivity contribution in [3.05, 3.63) is 119 Å². The Bertz CT molecular complexity index is 1710. The minimum Gasteiger partial charge on any atom is -0.378 e. The molecule has 0 spiro atoms. The highest BCUT2D eigenvalue weighted by atomic mass is 35.5. The molecule has 0 unspecified atom stereocenters. The fraction of sp³-hybridized carbons (Fsp3) is 0.242.